The highest BCUT2D eigenvalue weighted by Crippen LogP contribution is 2.22. The average molecular weight is 409 g/mol. The quantitative estimate of drug-likeness (QED) is 0.604. The van der Waals surface area contributed by atoms with Crippen LogP contribution in [-0.4, -0.2) is 87.3 Å². The van der Waals surface area contributed by atoms with E-state index in [1.54, 1.807) is 6.20 Å². The minimum atomic E-state index is 0.509. The third-order valence-corrected chi connectivity index (χ3v) is 5.15. The van der Waals surface area contributed by atoms with Gasteiger partial charge in [-0.3, -0.25) is 4.57 Å². The molecule has 11 heteroatoms. The number of aryl methyl sites for hydroxylation is 1. The summed E-state index contributed by atoms with van der Waals surface area (Å²) >= 11 is 0. The Kier molecular flexibility index (Phi) is 5.20. The predicted octanol–water partition coefficient (Wildman–Crippen LogP) is 0.496. The van der Waals surface area contributed by atoms with Gasteiger partial charge in [0.1, 0.15) is 11.5 Å². The molecule has 2 aliphatic rings. The molecule has 5 heterocycles. The number of hydrogen-bond donors (Lipinski definition) is 0. The molecule has 3 aromatic rings. The van der Waals surface area contributed by atoms with Gasteiger partial charge >= 0.3 is 0 Å². The summed E-state index contributed by atoms with van der Waals surface area (Å²) in [5, 5.41) is 8.73. The van der Waals surface area contributed by atoms with Gasteiger partial charge in [0.15, 0.2) is 11.6 Å². The van der Waals surface area contributed by atoms with Crippen LogP contribution in [0.3, 0.4) is 0 Å². The molecule has 2 aliphatic heterocycles. The topological polar surface area (TPSA) is 107 Å². The third-order valence-electron chi connectivity index (χ3n) is 5.15. The highest BCUT2D eigenvalue weighted by atomic mass is 16.5. The SMILES string of the molecule is Cc1nccn1-c1ccc(-c2nc(N3CCOCC3)nc(N3CCOCC3)n2)nn1. The molecule has 3 aromatic heterocycles. The van der Waals surface area contributed by atoms with Gasteiger partial charge in [0.2, 0.25) is 11.9 Å². The van der Waals surface area contributed by atoms with Gasteiger partial charge in [0.25, 0.3) is 0 Å². The van der Waals surface area contributed by atoms with Gasteiger partial charge in [-0.05, 0) is 19.1 Å². The van der Waals surface area contributed by atoms with Gasteiger partial charge in [0.05, 0.1) is 26.4 Å². The number of aromatic nitrogens is 7. The largest absolute Gasteiger partial charge is 0.378 e. The van der Waals surface area contributed by atoms with Gasteiger partial charge in [0, 0.05) is 38.6 Å². The van der Waals surface area contributed by atoms with Crippen LogP contribution in [0.5, 0.6) is 0 Å². The van der Waals surface area contributed by atoms with Crippen molar-refractivity contribution in [3.05, 3.63) is 30.4 Å². The molecule has 5 rings (SSSR count). The number of ether oxygens (including phenoxy) is 2. The zero-order valence-electron chi connectivity index (χ0n) is 16.8. The lowest BCUT2D eigenvalue weighted by molar-refractivity contribution is 0.121. The molecule has 0 atom stereocenters. The van der Waals surface area contributed by atoms with Crippen molar-refractivity contribution in [3.63, 3.8) is 0 Å². The number of anilines is 2. The molecule has 11 nitrogen and oxygen atoms in total. The highest BCUT2D eigenvalue weighted by Gasteiger charge is 2.21. The molecule has 0 spiro atoms. The molecule has 0 unspecified atom stereocenters. The van der Waals surface area contributed by atoms with E-state index in [0.29, 0.717) is 55.7 Å². The molecule has 0 N–H and O–H groups in total. The van der Waals surface area contributed by atoms with Crippen molar-refractivity contribution in [1.82, 2.24) is 34.7 Å². The molecule has 0 bridgehead atoms. The molecular formula is C19H23N9O2. The lowest BCUT2D eigenvalue weighted by atomic mass is 10.3. The first-order chi connectivity index (χ1) is 14.8. The fourth-order valence-corrected chi connectivity index (χ4v) is 3.47. The average Bonchev–Trinajstić information content (AvgIpc) is 3.26. The van der Waals surface area contributed by atoms with E-state index in [2.05, 4.69) is 25.0 Å². The van der Waals surface area contributed by atoms with E-state index in [1.807, 2.05) is 29.8 Å². The van der Waals surface area contributed by atoms with Crippen LogP contribution in [0.4, 0.5) is 11.9 Å². The van der Waals surface area contributed by atoms with Crippen LogP contribution < -0.4 is 9.80 Å². The second-order valence-electron chi connectivity index (χ2n) is 7.08. The van der Waals surface area contributed by atoms with Crippen LogP contribution >= 0.6 is 0 Å². The lowest BCUT2D eigenvalue weighted by Crippen LogP contribution is -2.40. The van der Waals surface area contributed by atoms with Gasteiger partial charge in [-0.1, -0.05) is 0 Å². The van der Waals surface area contributed by atoms with Gasteiger partial charge in [-0.2, -0.15) is 15.0 Å². The summed E-state index contributed by atoms with van der Waals surface area (Å²) in [6.45, 7) is 7.55. The molecule has 156 valence electrons. The number of nitrogens with zero attached hydrogens (tertiary/aromatic N) is 9. The first-order valence-electron chi connectivity index (χ1n) is 10.0. The molecule has 0 saturated carbocycles. The summed E-state index contributed by atoms with van der Waals surface area (Å²) in [5.41, 5.74) is 0.600. The van der Waals surface area contributed by atoms with Crippen LogP contribution in [0, 0.1) is 6.92 Å². The standard InChI is InChI=1S/C19H23N9O2/c1-14-20-4-5-28(14)16-3-2-15(24-25-16)17-21-18(26-6-10-29-11-7-26)23-19(22-17)27-8-12-30-13-9-27/h2-5H,6-13H2,1H3. The molecule has 0 aliphatic carbocycles. The number of imidazole rings is 1. The van der Waals surface area contributed by atoms with E-state index < -0.39 is 0 Å². The van der Waals surface area contributed by atoms with E-state index in [0.717, 1.165) is 32.0 Å². The van der Waals surface area contributed by atoms with Crippen LogP contribution in [-0.2, 0) is 9.47 Å². The van der Waals surface area contributed by atoms with Gasteiger partial charge in [-0.15, -0.1) is 10.2 Å². The number of morpholine rings is 2. The maximum Gasteiger partial charge on any atom is 0.230 e. The predicted molar refractivity (Wildman–Crippen MR) is 109 cm³/mol. The Hall–Kier alpha value is -3.18. The first-order valence-corrected chi connectivity index (χ1v) is 10.0. The fourth-order valence-electron chi connectivity index (χ4n) is 3.47. The Morgan fingerprint density at radius 1 is 0.800 bits per heavy atom. The molecule has 0 radical (unpaired) electrons. The van der Waals surface area contributed by atoms with Crippen molar-refractivity contribution in [2.75, 3.05) is 62.4 Å². The second-order valence-corrected chi connectivity index (χ2v) is 7.08. The maximum atomic E-state index is 5.47. The summed E-state index contributed by atoms with van der Waals surface area (Å²) < 4.78 is 12.8. The molecular weight excluding hydrogens is 386 g/mol. The highest BCUT2D eigenvalue weighted by molar-refractivity contribution is 5.55. The van der Waals surface area contributed by atoms with Crippen molar-refractivity contribution in [2.45, 2.75) is 6.92 Å². The Balaban J connectivity index is 1.50. The number of rotatable bonds is 4. The van der Waals surface area contributed by atoms with E-state index >= 15 is 0 Å². The zero-order valence-corrected chi connectivity index (χ0v) is 16.8. The fraction of sp³-hybridized carbons (Fsp3) is 0.474. The molecule has 2 saturated heterocycles. The van der Waals surface area contributed by atoms with Gasteiger partial charge in [-0.25, -0.2) is 4.98 Å². The van der Waals surface area contributed by atoms with E-state index in [-0.39, 0.29) is 0 Å². The summed E-state index contributed by atoms with van der Waals surface area (Å²) in [4.78, 5) is 22.6. The Bertz CT molecular complexity index is 959. The molecule has 2 fully saturated rings. The van der Waals surface area contributed by atoms with Crippen LogP contribution in [0.1, 0.15) is 5.82 Å². The van der Waals surface area contributed by atoms with Crippen molar-refractivity contribution < 1.29 is 9.47 Å². The van der Waals surface area contributed by atoms with E-state index in [9.17, 15) is 0 Å². The molecule has 0 aromatic carbocycles. The van der Waals surface area contributed by atoms with Crippen LogP contribution in [0.25, 0.3) is 17.3 Å². The second kappa shape index (κ2) is 8.28. The van der Waals surface area contributed by atoms with Gasteiger partial charge < -0.3 is 19.3 Å². The van der Waals surface area contributed by atoms with E-state index in [4.69, 9.17) is 24.4 Å². The lowest BCUT2D eigenvalue weighted by Gasteiger charge is -2.30. The van der Waals surface area contributed by atoms with E-state index in [1.165, 1.54) is 0 Å². The maximum absolute atomic E-state index is 5.47. The monoisotopic (exact) mass is 409 g/mol. The van der Waals surface area contributed by atoms with Crippen LogP contribution in [0.2, 0.25) is 0 Å². The Morgan fingerprint density at radius 2 is 1.43 bits per heavy atom. The van der Waals surface area contributed by atoms with Crippen molar-refractivity contribution in [2.24, 2.45) is 0 Å². The Labute approximate surface area is 173 Å². The first kappa shape index (κ1) is 18.8. The summed E-state index contributed by atoms with van der Waals surface area (Å²) in [6, 6.07) is 3.77. The van der Waals surface area contributed by atoms with Crippen molar-refractivity contribution >= 4 is 11.9 Å². The summed E-state index contributed by atoms with van der Waals surface area (Å²) in [7, 11) is 0. The minimum Gasteiger partial charge on any atom is -0.378 e. The van der Waals surface area contributed by atoms with Crippen molar-refractivity contribution in [3.8, 4) is 17.3 Å². The Morgan fingerprint density at radius 3 is 1.93 bits per heavy atom. The summed E-state index contributed by atoms with van der Waals surface area (Å²) in [6.07, 6.45) is 3.59. The smallest absolute Gasteiger partial charge is 0.230 e. The normalized spacial score (nSPS) is 17.4. The third kappa shape index (κ3) is 3.81. The zero-order chi connectivity index (χ0) is 20.3. The van der Waals surface area contributed by atoms with Crippen molar-refractivity contribution in [1.29, 1.82) is 0 Å². The minimum absolute atomic E-state index is 0.509. The summed E-state index contributed by atoms with van der Waals surface area (Å²) in [5.74, 6) is 3.34. The number of hydrogen-bond acceptors (Lipinski definition) is 10. The molecule has 30 heavy (non-hydrogen) atoms. The molecule has 0 amide bonds. The van der Waals surface area contributed by atoms with Crippen LogP contribution in [0.15, 0.2) is 24.5 Å².